The van der Waals surface area contributed by atoms with Gasteiger partial charge in [0, 0.05) is 6.42 Å². The first-order valence-electron chi connectivity index (χ1n) is 6.39. The Morgan fingerprint density at radius 3 is 2.63 bits per heavy atom. The second kappa shape index (κ2) is 6.13. The number of ether oxygens (including phenoxy) is 1. The normalized spacial score (nSPS) is 12.1. The smallest absolute Gasteiger partial charge is 0.321 e. The van der Waals surface area contributed by atoms with Gasteiger partial charge in [-0.15, -0.1) is 0 Å². The average Bonchev–Trinajstić information content (AvgIpc) is 2.89. The standard InChI is InChI=1S/C14H17N3O2/c1-3-11-15-13(17-16-11)12(14(18)19-4-2)10-8-6-5-7-9-10/h5-9,12H,3-4H2,1-2H3,(H,15,16,17). The van der Waals surface area contributed by atoms with Crippen LogP contribution in [0.15, 0.2) is 30.3 Å². The maximum Gasteiger partial charge on any atom is 0.321 e. The second-order valence-corrected chi connectivity index (χ2v) is 4.09. The fourth-order valence-electron chi connectivity index (χ4n) is 1.86. The molecule has 0 saturated heterocycles. The zero-order valence-corrected chi connectivity index (χ0v) is 11.1. The summed E-state index contributed by atoms with van der Waals surface area (Å²) in [6.07, 6.45) is 0.747. The van der Waals surface area contributed by atoms with Crippen LogP contribution in [0, 0.1) is 0 Å². The predicted octanol–water partition coefficient (Wildman–Crippen LogP) is 2.06. The topological polar surface area (TPSA) is 67.9 Å². The molecule has 0 aliphatic rings. The van der Waals surface area contributed by atoms with Crippen molar-refractivity contribution in [3.63, 3.8) is 0 Å². The Labute approximate surface area is 112 Å². The highest BCUT2D eigenvalue weighted by molar-refractivity contribution is 5.81. The molecular formula is C14H17N3O2. The molecule has 1 heterocycles. The molecule has 0 aliphatic carbocycles. The van der Waals surface area contributed by atoms with Crippen molar-refractivity contribution in [2.75, 3.05) is 6.61 Å². The number of carbonyl (C=O) groups excluding carboxylic acids is 1. The van der Waals surface area contributed by atoms with Crippen molar-refractivity contribution in [1.29, 1.82) is 0 Å². The van der Waals surface area contributed by atoms with E-state index >= 15 is 0 Å². The number of rotatable bonds is 5. The van der Waals surface area contributed by atoms with Gasteiger partial charge in [-0.1, -0.05) is 37.3 Å². The molecule has 0 amide bonds. The van der Waals surface area contributed by atoms with Gasteiger partial charge in [-0.05, 0) is 12.5 Å². The highest BCUT2D eigenvalue weighted by Crippen LogP contribution is 2.23. The summed E-state index contributed by atoms with van der Waals surface area (Å²) in [4.78, 5) is 16.5. The Morgan fingerprint density at radius 2 is 2.05 bits per heavy atom. The van der Waals surface area contributed by atoms with Crippen LogP contribution < -0.4 is 0 Å². The molecule has 1 N–H and O–H groups in total. The van der Waals surface area contributed by atoms with Crippen LogP contribution in [0.4, 0.5) is 0 Å². The van der Waals surface area contributed by atoms with Gasteiger partial charge in [-0.3, -0.25) is 9.89 Å². The lowest BCUT2D eigenvalue weighted by molar-refractivity contribution is -0.144. The third-order valence-electron chi connectivity index (χ3n) is 2.80. The molecule has 0 saturated carbocycles. The number of nitrogens with zero attached hydrogens (tertiary/aromatic N) is 2. The summed E-state index contributed by atoms with van der Waals surface area (Å²) in [6.45, 7) is 4.11. The first-order valence-corrected chi connectivity index (χ1v) is 6.39. The lowest BCUT2D eigenvalue weighted by atomic mass is 9.98. The van der Waals surface area contributed by atoms with Gasteiger partial charge >= 0.3 is 5.97 Å². The van der Waals surface area contributed by atoms with Crippen molar-refractivity contribution in [1.82, 2.24) is 15.2 Å². The van der Waals surface area contributed by atoms with Gasteiger partial charge in [0.15, 0.2) is 5.82 Å². The summed E-state index contributed by atoms with van der Waals surface area (Å²) < 4.78 is 5.12. The molecule has 0 aliphatic heterocycles. The highest BCUT2D eigenvalue weighted by atomic mass is 16.5. The fraction of sp³-hybridized carbons (Fsp3) is 0.357. The van der Waals surface area contributed by atoms with E-state index in [2.05, 4.69) is 15.2 Å². The van der Waals surface area contributed by atoms with Gasteiger partial charge in [0.2, 0.25) is 0 Å². The number of nitrogens with one attached hydrogen (secondary N) is 1. The molecule has 2 rings (SSSR count). The van der Waals surface area contributed by atoms with Crippen molar-refractivity contribution in [3.8, 4) is 0 Å². The van der Waals surface area contributed by atoms with E-state index in [0.717, 1.165) is 17.8 Å². The first kappa shape index (κ1) is 13.3. The van der Waals surface area contributed by atoms with Crippen LogP contribution in [0.25, 0.3) is 0 Å². The lowest BCUT2D eigenvalue weighted by Gasteiger charge is -2.12. The number of carbonyl (C=O) groups is 1. The van der Waals surface area contributed by atoms with Crippen molar-refractivity contribution in [3.05, 3.63) is 47.5 Å². The molecule has 5 nitrogen and oxygen atoms in total. The van der Waals surface area contributed by atoms with Gasteiger partial charge in [-0.25, -0.2) is 4.98 Å². The van der Waals surface area contributed by atoms with Crippen LogP contribution in [0.5, 0.6) is 0 Å². The molecule has 100 valence electrons. The van der Waals surface area contributed by atoms with Crippen molar-refractivity contribution >= 4 is 5.97 Å². The van der Waals surface area contributed by atoms with Gasteiger partial charge in [0.1, 0.15) is 11.7 Å². The maximum atomic E-state index is 12.1. The SMILES string of the molecule is CCOC(=O)C(c1ccccc1)c1n[nH]c(CC)n1. The summed E-state index contributed by atoms with van der Waals surface area (Å²) in [5.74, 6) is 0.329. The van der Waals surface area contributed by atoms with E-state index in [1.165, 1.54) is 0 Å². The number of aromatic nitrogens is 3. The molecule has 1 atom stereocenters. The monoisotopic (exact) mass is 259 g/mol. The first-order chi connectivity index (χ1) is 9.26. The van der Waals surface area contributed by atoms with Gasteiger partial charge in [0.25, 0.3) is 0 Å². The summed E-state index contributed by atoms with van der Waals surface area (Å²) in [7, 11) is 0. The van der Waals surface area contributed by atoms with Gasteiger partial charge < -0.3 is 4.74 Å². The molecule has 5 heteroatoms. The number of aryl methyl sites for hydroxylation is 1. The third-order valence-corrected chi connectivity index (χ3v) is 2.80. The fourth-order valence-corrected chi connectivity index (χ4v) is 1.86. The van der Waals surface area contributed by atoms with Crippen molar-refractivity contribution in [2.24, 2.45) is 0 Å². The van der Waals surface area contributed by atoms with E-state index in [1.807, 2.05) is 37.3 Å². The number of esters is 1. The Hall–Kier alpha value is -2.17. The number of benzene rings is 1. The zero-order valence-electron chi connectivity index (χ0n) is 11.1. The second-order valence-electron chi connectivity index (χ2n) is 4.09. The van der Waals surface area contributed by atoms with E-state index in [1.54, 1.807) is 6.92 Å². The summed E-state index contributed by atoms with van der Waals surface area (Å²) >= 11 is 0. The van der Waals surface area contributed by atoms with E-state index in [4.69, 9.17) is 4.74 Å². The van der Waals surface area contributed by atoms with Crippen LogP contribution in [-0.2, 0) is 16.0 Å². The highest BCUT2D eigenvalue weighted by Gasteiger charge is 2.27. The number of hydrogen-bond donors (Lipinski definition) is 1. The zero-order chi connectivity index (χ0) is 13.7. The molecule has 1 aromatic carbocycles. The summed E-state index contributed by atoms with van der Waals surface area (Å²) in [5, 5.41) is 6.96. The van der Waals surface area contributed by atoms with E-state index in [0.29, 0.717) is 12.4 Å². The van der Waals surface area contributed by atoms with Crippen LogP contribution in [-0.4, -0.2) is 27.8 Å². The predicted molar refractivity (Wildman–Crippen MR) is 70.7 cm³/mol. The lowest BCUT2D eigenvalue weighted by Crippen LogP contribution is -2.18. The Bertz CT molecular complexity index is 537. The molecule has 1 unspecified atom stereocenters. The van der Waals surface area contributed by atoms with E-state index in [9.17, 15) is 4.79 Å². The molecule has 2 aromatic rings. The van der Waals surface area contributed by atoms with Crippen molar-refractivity contribution in [2.45, 2.75) is 26.2 Å². The quantitative estimate of drug-likeness (QED) is 0.834. The Kier molecular flexibility index (Phi) is 4.28. The molecule has 19 heavy (non-hydrogen) atoms. The summed E-state index contributed by atoms with van der Waals surface area (Å²) in [5.41, 5.74) is 0.836. The van der Waals surface area contributed by atoms with Gasteiger partial charge in [-0.2, -0.15) is 5.10 Å². The minimum atomic E-state index is -0.572. The molecule has 0 spiro atoms. The van der Waals surface area contributed by atoms with E-state index in [-0.39, 0.29) is 5.97 Å². The van der Waals surface area contributed by atoms with Crippen LogP contribution in [0.1, 0.15) is 37.0 Å². The number of hydrogen-bond acceptors (Lipinski definition) is 4. The minimum Gasteiger partial charge on any atom is -0.465 e. The van der Waals surface area contributed by atoms with Crippen molar-refractivity contribution < 1.29 is 9.53 Å². The van der Waals surface area contributed by atoms with E-state index < -0.39 is 5.92 Å². The Morgan fingerprint density at radius 1 is 1.32 bits per heavy atom. The number of aromatic amines is 1. The third kappa shape index (κ3) is 2.99. The summed E-state index contributed by atoms with van der Waals surface area (Å²) in [6, 6.07) is 9.43. The largest absolute Gasteiger partial charge is 0.465 e. The maximum absolute atomic E-state index is 12.1. The average molecular weight is 259 g/mol. The molecule has 1 aromatic heterocycles. The molecular weight excluding hydrogens is 242 g/mol. The van der Waals surface area contributed by atoms with Crippen LogP contribution >= 0.6 is 0 Å². The van der Waals surface area contributed by atoms with Gasteiger partial charge in [0.05, 0.1) is 6.61 Å². The van der Waals surface area contributed by atoms with Crippen LogP contribution in [0.3, 0.4) is 0 Å². The molecule has 0 radical (unpaired) electrons. The molecule has 0 fully saturated rings. The van der Waals surface area contributed by atoms with Crippen LogP contribution in [0.2, 0.25) is 0 Å². The number of H-pyrrole nitrogens is 1. The molecule has 0 bridgehead atoms. The minimum absolute atomic E-state index is 0.324. The Balaban J connectivity index is 2.37.